The highest BCUT2D eigenvalue weighted by Gasteiger charge is 2.14. The van der Waals surface area contributed by atoms with Gasteiger partial charge in [-0.2, -0.15) is 0 Å². The summed E-state index contributed by atoms with van der Waals surface area (Å²) in [7, 11) is 0. The molecule has 0 aromatic heterocycles. The molecule has 0 aromatic carbocycles. The van der Waals surface area contributed by atoms with Gasteiger partial charge in [0.25, 0.3) is 0 Å². The SMILES string of the molecule is CCCCCCCCCCCNC(=O)C(=O)NCCNC(=O)C(=O)NCCCCCCCCCC. The fraction of sp³-hybridized carbons (Fsp3) is 0.852. The van der Waals surface area contributed by atoms with E-state index in [0.29, 0.717) is 13.1 Å². The molecule has 8 nitrogen and oxygen atoms in total. The van der Waals surface area contributed by atoms with E-state index in [2.05, 4.69) is 35.1 Å². The van der Waals surface area contributed by atoms with Crippen LogP contribution in [-0.2, 0) is 19.2 Å². The minimum atomic E-state index is -0.728. The summed E-state index contributed by atoms with van der Waals surface area (Å²) in [6.07, 6.45) is 20.1. The normalized spacial score (nSPS) is 10.6. The second-order valence-corrected chi connectivity index (χ2v) is 9.33. The molecule has 0 atom stereocenters. The van der Waals surface area contributed by atoms with Gasteiger partial charge < -0.3 is 21.3 Å². The molecule has 8 heteroatoms. The van der Waals surface area contributed by atoms with Crippen LogP contribution in [0.3, 0.4) is 0 Å². The highest BCUT2D eigenvalue weighted by atomic mass is 16.2. The van der Waals surface area contributed by atoms with Crippen molar-refractivity contribution in [1.29, 1.82) is 0 Å². The second-order valence-electron chi connectivity index (χ2n) is 9.33. The molecule has 0 saturated carbocycles. The summed E-state index contributed by atoms with van der Waals surface area (Å²) in [5.41, 5.74) is 0. The van der Waals surface area contributed by atoms with Crippen LogP contribution in [0.4, 0.5) is 0 Å². The van der Waals surface area contributed by atoms with Crippen LogP contribution < -0.4 is 21.3 Å². The van der Waals surface area contributed by atoms with E-state index < -0.39 is 23.6 Å². The Hall–Kier alpha value is -2.12. The molecule has 0 unspecified atom stereocenters. The van der Waals surface area contributed by atoms with Crippen LogP contribution in [-0.4, -0.2) is 49.8 Å². The molecule has 0 heterocycles. The molecule has 4 N–H and O–H groups in total. The standard InChI is InChI=1S/C27H52N4O4/c1-3-5-7-9-11-13-15-17-19-21-29-25(33)27(35)31-23-22-30-26(34)24(32)28-20-18-16-14-12-10-8-6-4-2/h3-23H2,1-2H3,(H,28,32)(H,29,33)(H,30,34)(H,31,35). The Kier molecular flexibility index (Phi) is 23.5. The lowest BCUT2D eigenvalue weighted by Gasteiger charge is -2.08. The predicted molar refractivity (Wildman–Crippen MR) is 142 cm³/mol. The summed E-state index contributed by atoms with van der Waals surface area (Å²) in [6.45, 7) is 5.55. The van der Waals surface area contributed by atoms with Crippen LogP contribution in [0.1, 0.15) is 123 Å². The van der Waals surface area contributed by atoms with E-state index in [1.165, 1.54) is 70.6 Å². The summed E-state index contributed by atoms with van der Waals surface area (Å²) in [5, 5.41) is 10.1. The Morgan fingerprint density at radius 3 is 0.857 bits per heavy atom. The smallest absolute Gasteiger partial charge is 0.309 e. The fourth-order valence-electron chi connectivity index (χ4n) is 3.77. The maximum atomic E-state index is 11.8. The minimum absolute atomic E-state index is 0.0846. The molecule has 0 radical (unpaired) electrons. The van der Waals surface area contributed by atoms with Gasteiger partial charge in [-0.05, 0) is 12.8 Å². The Balaban J connectivity index is 3.58. The van der Waals surface area contributed by atoms with Crippen LogP contribution in [0.25, 0.3) is 0 Å². The van der Waals surface area contributed by atoms with E-state index in [0.717, 1.165) is 38.5 Å². The zero-order valence-corrected chi connectivity index (χ0v) is 22.5. The van der Waals surface area contributed by atoms with Crippen LogP contribution in [0.15, 0.2) is 0 Å². The first-order valence-corrected chi connectivity index (χ1v) is 14.1. The number of hydrogen-bond acceptors (Lipinski definition) is 4. The monoisotopic (exact) mass is 496 g/mol. The van der Waals surface area contributed by atoms with E-state index in [9.17, 15) is 19.2 Å². The Bertz CT molecular complexity index is 569. The summed E-state index contributed by atoms with van der Waals surface area (Å²) in [5.74, 6) is -2.79. The van der Waals surface area contributed by atoms with Gasteiger partial charge in [0.05, 0.1) is 0 Å². The van der Waals surface area contributed by atoms with Gasteiger partial charge in [0.1, 0.15) is 0 Å². The second kappa shape index (κ2) is 25.0. The lowest BCUT2D eigenvalue weighted by atomic mass is 10.1. The number of carbonyl (C=O) groups is 4. The summed E-state index contributed by atoms with van der Waals surface area (Å²) in [4.78, 5) is 47.2. The van der Waals surface area contributed by atoms with E-state index >= 15 is 0 Å². The highest BCUT2D eigenvalue weighted by Crippen LogP contribution is 2.09. The molecule has 0 spiro atoms. The van der Waals surface area contributed by atoms with Crippen molar-refractivity contribution in [3.05, 3.63) is 0 Å². The topological polar surface area (TPSA) is 116 Å². The van der Waals surface area contributed by atoms with E-state index in [1.54, 1.807) is 0 Å². The van der Waals surface area contributed by atoms with Gasteiger partial charge in [0.2, 0.25) is 0 Å². The summed E-state index contributed by atoms with van der Waals surface area (Å²) in [6, 6.07) is 0. The maximum Gasteiger partial charge on any atom is 0.309 e. The van der Waals surface area contributed by atoms with Gasteiger partial charge in [-0.25, -0.2) is 0 Å². The Labute approximate surface area is 213 Å². The molecule has 0 fully saturated rings. The molecule has 0 bridgehead atoms. The summed E-state index contributed by atoms with van der Waals surface area (Å²) >= 11 is 0. The number of amides is 4. The number of carbonyl (C=O) groups excluding carboxylic acids is 4. The van der Waals surface area contributed by atoms with E-state index in [4.69, 9.17) is 0 Å². The maximum absolute atomic E-state index is 11.8. The molecule has 4 amide bonds. The third-order valence-corrected chi connectivity index (χ3v) is 5.99. The molecular formula is C27H52N4O4. The molecule has 0 rings (SSSR count). The molecule has 0 aliphatic heterocycles. The molecule has 35 heavy (non-hydrogen) atoms. The molecule has 0 aliphatic carbocycles. The van der Waals surface area contributed by atoms with Crippen molar-refractivity contribution >= 4 is 23.6 Å². The van der Waals surface area contributed by atoms with E-state index in [-0.39, 0.29) is 13.1 Å². The summed E-state index contributed by atoms with van der Waals surface area (Å²) < 4.78 is 0. The van der Waals surface area contributed by atoms with Crippen LogP contribution in [0, 0.1) is 0 Å². The quantitative estimate of drug-likeness (QED) is 0.133. The number of unbranched alkanes of at least 4 members (excludes halogenated alkanes) is 15. The lowest BCUT2D eigenvalue weighted by Crippen LogP contribution is -2.45. The van der Waals surface area contributed by atoms with Gasteiger partial charge in [0.15, 0.2) is 0 Å². The van der Waals surface area contributed by atoms with E-state index in [1.807, 2.05) is 0 Å². The first-order chi connectivity index (χ1) is 17.0. The predicted octanol–water partition coefficient (Wildman–Crippen LogP) is 4.12. The molecule has 0 saturated heterocycles. The molecule has 204 valence electrons. The van der Waals surface area contributed by atoms with Crippen molar-refractivity contribution in [1.82, 2.24) is 21.3 Å². The number of rotatable bonds is 22. The van der Waals surface area contributed by atoms with Crippen molar-refractivity contribution in [3.63, 3.8) is 0 Å². The fourth-order valence-corrected chi connectivity index (χ4v) is 3.77. The number of hydrogen-bond donors (Lipinski definition) is 4. The largest absolute Gasteiger partial charge is 0.348 e. The van der Waals surface area contributed by atoms with Gasteiger partial charge >= 0.3 is 23.6 Å². The first-order valence-electron chi connectivity index (χ1n) is 14.1. The van der Waals surface area contributed by atoms with Crippen LogP contribution >= 0.6 is 0 Å². The van der Waals surface area contributed by atoms with Crippen LogP contribution in [0.5, 0.6) is 0 Å². The molecule has 0 aromatic rings. The van der Waals surface area contributed by atoms with Crippen molar-refractivity contribution in [2.75, 3.05) is 26.2 Å². The first kappa shape index (κ1) is 32.9. The third kappa shape index (κ3) is 22.1. The molecular weight excluding hydrogens is 444 g/mol. The Morgan fingerprint density at radius 1 is 0.343 bits per heavy atom. The van der Waals surface area contributed by atoms with Crippen molar-refractivity contribution < 1.29 is 19.2 Å². The minimum Gasteiger partial charge on any atom is -0.348 e. The zero-order chi connectivity index (χ0) is 26.0. The Morgan fingerprint density at radius 2 is 0.571 bits per heavy atom. The number of nitrogens with one attached hydrogen (secondary N) is 4. The highest BCUT2D eigenvalue weighted by molar-refractivity contribution is 6.35. The van der Waals surface area contributed by atoms with Crippen molar-refractivity contribution in [2.24, 2.45) is 0 Å². The van der Waals surface area contributed by atoms with Gasteiger partial charge in [-0.3, -0.25) is 19.2 Å². The average Bonchev–Trinajstić information content (AvgIpc) is 2.86. The van der Waals surface area contributed by atoms with Gasteiger partial charge in [-0.15, -0.1) is 0 Å². The van der Waals surface area contributed by atoms with Crippen molar-refractivity contribution in [2.45, 2.75) is 123 Å². The van der Waals surface area contributed by atoms with Gasteiger partial charge in [0, 0.05) is 26.2 Å². The average molecular weight is 497 g/mol. The van der Waals surface area contributed by atoms with Gasteiger partial charge in [-0.1, -0.05) is 110 Å². The zero-order valence-electron chi connectivity index (χ0n) is 22.5. The van der Waals surface area contributed by atoms with Crippen LogP contribution in [0.2, 0.25) is 0 Å². The molecule has 0 aliphatic rings. The van der Waals surface area contributed by atoms with Crippen molar-refractivity contribution in [3.8, 4) is 0 Å². The third-order valence-electron chi connectivity index (χ3n) is 5.99. The lowest BCUT2D eigenvalue weighted by molar-refractivity contribution is -0.139.